The van der Waals surface area contributed by atoms with Gasteiger partial charge in [-0.3, -0.25) is 9.69 Å². The standard InChI is InChI=1S/C13H17N3O3/c1-13(2,3)19-12(18)16-6-4-5-10(16)11(17)9(7-14)8-15/h9-10H,4-6H2,1-3H3. The normalized spacial score (nSPS) is 18.8. The Morgan fingerprint density at radius 3 is 2.37 bits per heavy atom. The molecule has 0 aromatic rings. The van der Waals surface area contributed by atoms with Crippen LogP contribution in [0.4, 0.5) is 4.79 Å². The number of hydrogen-bond acceptors (Lipinski definition) is 5. The fourth-order valence-electron chi connectivity index (χ4n) is 1.95. The van der Waals surface area contributed by atoms with Crippen molar-refractivity contribution in [3.63, 3.8) is 0 Å². The molecule has 1 saturated heterocycles. The zero-order chi connectivity index (χ0) is 14.6. The van der Waals surface area contributed by atoms with Crippen LogP contribution < -0.4 is 0 Å². The minimum Gasteiger partial charge on any atom is -0.444 e. The average Bonchev–Trinajstić information content (AvgIpc) is 2.76. The topological polar surface area (TPSA) is 94.2 Å². The highest BCUT2D eigenvalue weighted by molar-refractivity contribution is 5.93. The molecule has 0 aromatic carbocycles. The maximum Gasteiger partial charge on any atom is 0.410 e. The Labute approximate surface area is 112 Å². The lowest BCUT2D eigenvalue weighted by Crippen LogP contribution is -2.44. The molecule has 1 fully saturated rings. The van der Waals surface area contributed by atoms with Crippen LogP contribution >= 0.6 is 0 Å². The van der Waals surface area contributed by atoms with E-state index in [4.69, 9.17) is 15.3 Å². The highest BCUT2D eigenvalue weighted by Gasteiger charge is 2.39. The van der Waals surface area contributed by atoms with Crippen LogP contribution in [0.3, 0.4) is 0 Å². The summed E-state index contributed by atoms with van der Waals surface area (Å²) in [6.45, 7) is 5.64. The number of nitrogens with zero attached hydrogens (tertiary/aromatic N) is 3. The molecule has 0 N–H and O–H groups in total. The van der Waals surface area contributed by atoms with Gasteiger partial charge in [-0.2, -0.15) is 10.5 Å². The van der Waals surface area contributed by atoms with Crippen molar-refractivity contribution >= 4 is 11.9 Å². The molecule has 0 bridgehead atoms. The molecule has 102 valence electrons. The van der Waals surface area contributed by atoms with Crippen LogP contribution in [0.2, 0.25) is 0 Å². The number of Topliss-reactive ketones (excluding diaryl/α,β-unsaturated/α-hetero) is 1. The Kier molecular flexibility index (Phi) is 4.50. The monoisotopic (exact) mass is 263 g/mol. The van der Waals surface area contributed by atoms with Crippen molar-refractivity contribution < 1.29 is 14.3 Å². The van der Waals surface area contributed by atoms with E-state index in [0.717, 1.165) is 0 Å². The molecule has 1 aliphatic rings. The summed E-state index contributed by atoms with van der Waals surface area (Å²) in [6, 6.07) is 2.57. The van der Waals surface area contributed by atoms with Gasteiger partial charge in [0, 0.05) is 6.54 Å². The first-order valence-corrected chi connectivity index (χ1v) is 6.12. The third kappa shape index (κ3) is 3.69. The lowest BCUT2D eigenvalue weighted by atomic mass is 9.99. The quantitative estimate of drug-likeness (QED) is 0.754. The third-order valence-corrected chi connectivity index (χ3v) is 2.75. The van der Waals surface area contributed by atoms with E-state index in [2.05, 4.69) is 0 Å². The fourth-order valence-corrected chi connectivity index (χ4v) is 1.95. The van der Waals surface area contributed by atoms with Crippen LogP contribution in [0.1, 0.15) is 33.6 Å². The van der Waals surface area contributed by atoms with Gasteiger partial charge < -0.3 is 4.74 Å². The number of ketones is 1. The SMILES string of the molecule is CC(C)(C)OC(=O)N1CCCC1C(=O)C(C#N)C#N. The van der Waals surface area contributed by atoms with Crippen molar-refractivity contribution in [2.45, 2.75) is 45.3 Å². The Balaban J connectivity index is 2.81. The first-order chi connectivity index (χ1) is 8.80. The van der Waals surface area contributed by atoms with Crippen molar-refractivity contribution in [1.29, 1.82) is 10.5 Å². The number of likely N-dealkylation sites (tertiary alicyclic amines) is 1. The lowest BCUT2D eigenvalue weighted by molar-refractivity contribution is -0.124. The molecule has 19 heavy (non-hydrogen) atoms. The molecule has 0 spiro atoms. The summed E-state index contributed by atoms with van der Waals surface area (Å²) in [5.41, 5.74) is -0.642. The van der Waals surface area contributed by atoms with Crippen LogP contribution in [0.15, 0.2) is 0 Å². The Hall–Kier alpha value is -2.08. The smallest absolute Gasteiger partial charge is 0.410 e. The minimum atomic E-state index is -1.33. The first-order valence-electron chi connectivity index (χ1n) is 6.12. The van der Waals surface area contributed by atoms with Crippen molar-refractivity contribution in [3.8, 4) is 12.1 Å². The summed E-state index contributed by atoms with van der Waals surface area (Å²) in [6.07, 6.45) is 0.565. The van der Waals surface area contributed by atoms with Crippen molar-refractivity contribution in [2.24, 2.45) is 5.92 Å². The summed E-state index contributed by atoms with van der Waals surface area (Å²) in [4.78, 5) is 25.3. The number of amides is 1. The van der Waals surface area contributed by atoms with E-state index in [1.54, 1.807) is 32.9 Å². The van der Waals surface area contributed by atoms with Gasteiger partial charge in [-0.05, 0) is 33.6 Å². The van der Waals surface area contributed by atoms with E-state index in [9.17, 15) is 9.59 Å². The molecular weight excluding hydrogens is 246 g/mol. The van der Waals surface area contributed by atoms with Gasteiger partial charge in [-0.25, -0.2) is 4.79 Å². The van der Waals surface area contributed by atoms with Crippen LogP contribution in [0.5, 0.6) is 0 Å². The number of hydrogen-bond donors (Lipinski definition) is 0. The fraction of sp³-hybridized carbons (Fsp3) is 0.692. The number of nitriles is 2. The molecule has 1 heterocycles. The predicted octanol–water partition coefficient (Wildman–Crippen LogP) is 1.62. The summed E-state index contributed by atoms with van der Waals surface area (Å²) < 4.78 is 5.22. The Morgan fingerprint density at radius 2 is 1.89 bits per heavy atom. The van der Waals surface area contributed by atoms with E-state index in [1.807, 2.05) is 0 Å². The van der Waals surface area contributed by atoms with Crippen LogP contribution in [-0.2, 0) is 9.53 Å². The van der Waals surface area contributed by atoms with Gasteiger partial charge in [0.1, 0.15) is 5.60 Å². The van der Waals surface area contributed by atoms with E-state index in [-0.39, 0.29) is 0 Å². The predicted molar refractivity (Wildman–Crippen MR) is 65.7 cm³/mol. The van der Waals surface area contributed by atoms with Gasteiger partial charge >= 0.3 is 6.09 Å². The molecule has 1 unspecified atom stereocenters. The second-order valence-corrected chi connectivity index (χ2v) is 5.43. The van der Waals surface area contributed by atoms with Gasteiger partial charge in [-0.1, -0.05) is 0 Å². The van der Waals surface area contributed by atoms with Gasteiger partial charge in [0.05, 0.1) is 18.2 Å². The van der Waals surface area contributed by atoms with Gasteiger partial charge in [0.2, 0.25) is 0 Å². The van der Waals surface area contributed by atoms with Crippen molar-refractivity contribution in [1.82, 2.24) is 4.90 Å². The largest absolute Gasteiger partial charge is 0.444 e. The Morgan fingerprint density at radius 1 is 1.32 bits per heavy atom. The van der Waals surface area contributed by atoms with Gasteiger partial charge in [-0.15, -0.1) is 0 Å². The summed E-state index contributed by atoms with van der Waals surface area (Å²) >= 11 is 0. The average molecular weight is 263 g/mol. The van der Waals surface area contributed by atoms with Crippen molar-refractivity contribution in [3.05, 3.63) is 0 Å². The molecule has 0 aromatic heterocycles. The van der Waals surface area contributed by atoms with E-state index in [0.29, 0.717) is 19.4 Å². The highest BCUT2D eigenvalue weighted by Crippen LogP contribution is 2.23. The molecule has 1 atom stereocenters. The minimum absolute atomic E-state index is 0.412. The number of ether oxygens (including phenoxy) is 1. The highest BCUT2D eigenvalue weighted by atomic mass is 16.6. The van der Waals surface area contributed by atoms with Crippen LogP contribution in [0.25, 0.3) is 0 Å². The molecule has 6 heteroatoms. The number of rotatable bonds is 2. The van der Waals surface area contributed by atoms with E-state index < -0.39 is 29.4 Å². The molecule has 6 nitrogen and oxygen atoms in total. The van der Waals surface area contributed by atoms with E-state index in [1.165, 1.54) is 4.90 Å². The maximum absolute atomic E-state index is 12.0. The summed E-state index contributed by atoms with van der Waals surface area (Å²) in [5, 5.41) is 17.5. The molecule has 1 rings (SSSR count). The summed E-state index contributed by atoms with van der Waals surface area (Å²) in [7, 11) is 0. The van der Waals surface area contributed by atoms with Crippen LogP contribution in [0, 0.1) is 28.6 Å². The number of carbonyl (C=O) groups excluding carboxylic acids is 2. The van der Waals surface area contributed by atoms with Gasteiger partial charge in [0.25, 0.3) is 0 Å². The molecule has 0 saturated carbocycles. The maximum atomic E-state index is 12.0. The molecular formula is C13H17N3O3. The third-order valence-electron chi connectivity index (χ3n) is 2.75. The Bertz CT molecular complexity index is 439. The second-order valence-electron chi connectivity index (χ2n) is 5.43. The molecule has 1 amide bonds. The lowest BCUT2D eigenvalue weighted by Gasteiger charge is -2.28. The molecule has 0 radical (unpaired) electrons. The first kappa shape index (κ1) is 15.0. The van der Waals surface area contributed by atoms with Gasteiger partial charge in [0.15, 0.2) is 11.7 Å². The summed E-state index contributed by atoms with van der Waals surface area (Å²) in [5.74, 6) is -1.85. The second kappa shape index (κ2) is 5.71. The van der Waals surface area contributed by atoms with E-state index >= 15 is 0 Å². The van der Waals surface area contributed by atoms with Crippen molar-refractivity contribution in [2.75, 3.05) is 6.54 Å². The molecule has 0 aliphatic carbocycles. The number of carbonyl (C=O) groups is 2. The zero-order valence-electron chi connectivity index (χ0n) is 11.3. The molecule has 1 aliphatic heterocycles. The van der Waals surface area contributed by atoms with Crippen LogP contribution in [-0.4, -0.2) is 35.0 Å². The zero-order valence-corrected chi connectivity index (χ0v) is 11.3.